The fraction of sp³-hybridized carbons (Fsp3) is 0.444. The van der Waals surface area contributed by atoms with E-state index < -0.39 is 11.5 Å². The zero-order valence-corrected chi connectivity index (χ0v) is 26.9. The first-order chi connectivity index (χ1) is 21.6. The van der Waals surface area contributed by atoms with Crippen molar-refractivity contribution in [2.75, 3.05) is 34.4 Å². The van der Waals surface area contributed by atoms with Crippen LogP contribution in [0.15, 0.2) is 67.1 Å². The first kappa shape index (κ1) is 32.3. The van der Waals surface area contributed by atoms with E-state index in [1.165, 1.54) is 0 Å². The molecule has 1 aromatic carbocycles. The molecule has 0 radical (unpaired) electrons. The Balaban J connectivity index is 1.24. The molecular weight excluding hydrogens is 566 g/mol. The van der Waals surface area contributed by atoms with E-state index in [0.717, 1.165) is 59.0 Å². The smallest absolute Gasteiger partial charge is 0.255 e. The summed E-state index contributed by atoms with van der Waals surface area (Å²) in [6, 6.07) is 15.9. The summed E-state index contributed by atoms with van der Waals surface area (Å²) in [6.07, 6.45) is 10.9. The number of amides is 1. The lowest BCUT2D eigenvalue weighted by Crippen LogP contribution is -2.68. The van der Waals surface area contributed by atoms with E-state index in [1.807, 2.05) is 56.7 Å². The molecule has 1 saturated carbocycles. The van der Waals surface area contributed by atoms with Crippen molar-refractivity contribution in [2.45, 2.75) is 63.5 Å². The van der Waals surface area contributed by atoms with Crippen LogP contribution in [-0.4, -0.2) is 76.4 Å². The Bertz CT molecular complexity index is 1610. The molecule has 0 aliphatic heterocycles. The van der Waals surface area contributed by atoms with E-state index in [9.17, 15) is 9.90 Å². The molecule has 4 aromatic rings. The van der Waals surface area contributed by atoms with Crippen LogP contribution in [-0.2, 0) is 17.6 Å². The number of benzene rings is 1. The fourth-order valence-corrected chi connectivity index (χ4v) is 6.75. The zero-order chi connectivity index (χ0) is 32.0. The minimum Gasteiger partial charge on any atom is -0.495 e. The van der Waals surface area contributed by atoms with Crippen LogP contribution in [0.2, 0.25) is 0 Å². The van der Waals surface area contributed by atoms with Gasteiger partial charge in [-0.3, -0.25) is 14.8 Å². The second kappa shape index (κ2) is 13.9. The number of methoxy groups -OCH3 is 1. The van der Waals surface area contributed by atoms with Gasteiger partial charge in [0.05, 0.1) is 33.1 Å². The summed E-state index contributed by atoms with van der Waals surface area (Å²) in [7, 11) is 5.70. The van der Waals surface area contributed by atoms with Crippen molar-refractivity contribution in [2.24, 2.45) is 11.7 Å². The molecule has 3 heterocycles. The normalized spacial score (nSPS) is 20.2. The van der Waals surface area contributed by atoms with Crippen molar-refractivity contribution < 1.29 is 23.9 Å². The number of likely N-dealkylation sites (N-methyl/N-ethyl adjacent to an activating group) is 1. The zero-order valence-electron chi connectivity index (χ0n) is 26.9. The molecular formula is C36H46N5O4+. The number of nitrogens with two attached hydrogens (primary N) is 1. The van der Waals surface area contributed by atoms with Crippen LogP contribution in [0.5, 0.6) is 11.6 Å². The second-order valence-electron chi connectivity index (χ2n) is 12.9. The van der Waals surface area contributed by atoms with E-state index in [2.05, 4.69) is 29.0 Å². The number of hydrogen-bond donors (Lipinski definition) is 2. The topological polar surface area (TPSA) is 120 Å². The molecule has 5 rings (SSSR count). The molecule has 238 valence electrons. The molecule has 1 amide bonds. The van der Waals surface area contributed by atoms with Gasteiger partial charge in [0.25, 0.3) is 5.91 Å². The lowest BCUT2D eigenvalue weighted by Gasteiger charge is -2.49. The maximum atomic E-state index is 12.8. The van der Waals surface area contributed by atoms with Crippen molar-refractivity contribution in [1.29, 1.82) is 0 Å². The summed E-state index contributed by atoms with van der Waals surface area (Å²) in [5.74, 6) is 0.744. The van der Waals surface area contributed by atoms with Crippen LogP contribution >= 0.6 is 0 Å². The van der Waals surface area contributed by atoms with Crippen LogP contribution in [0.1, 0.15) is 50.3 Å². The van der Waals surface area contributed by atoms with Crippen molar-refractivity contribution >= 4 is 16.7 Å². The molecule has 0 bridgehead atoms. The summed E-state index contributed by atoms with van der Waals surface area (Å²) in [4.78, 5) is 26.5. The van der Waals surface area contributed by atoms with Gasteiger partial charge in [0.2, 0.25) is 5.88 Å². The van der Waals surface area contributed by atoms with Crippen molar-refractivity contribution in [3.8, 4) is 22.9 Å². The standard InChI is InChI=1S/C36H45N5O4/c1-5-6-10-29-19-27-9-7-8-11-31(27)34(40-29)45-17-16-41(2,3)33-15-13-25(21-36(33,43)35(37)42)18-26-12-14-32(39-22-26)28-20-30(44-4)24-38-23-28/h7-9,11-12,14,19-20,22-25,33,43H,5-6,10,13,15-18,21H2,1-4H3,(H-,37,42)/p+1/t25?,33-,36-/m0/s1. The van der Waals surface area contributed by atoms with Gasteiger partial charge in [-0.15, -0.1) is 0 Å². The third-order valence-electron chi connectivity index (χ3n) is 9.31. The molecule has 1 aliphatic rings. The summed E-state index contributed by atoms with van der Waals surface area (Å²) < 4.78 is 12.0. The van der Waals surface area contributed by atoms with Crippen molar-refractivity contribution in [3.05, 3.63) is 78.4 Å². The van der Waals surface area contributed by atoms with E-state index in [0.29, 0.717) is 48.5 Å². The van der Waals surface area contributed by atoms with Crippen LogP contribution in [0, 0.1) is 5.92 Å². The third-order valence-corrected chi connectivity index (χ3v) is 9.31. The highest BCUT2D eigenvalue weighted by molar-refractivity contribution is 5.87. The van der Waals surface area contributed by atoms with Gasteiger partial charge < -0.3 is 24.8 Å². The molecule has 3 N–H and O–H groups in total. The number of unbranched alkanes of at least 4 members (excludes halogenated alkanes) is 1. The van der Waals surface area contributed by atoms with Crippen molar-refractivity contribution in [3.63, 3.8) is 0 Å². The first-order valence-corrected chi connectivity index (χ1v) is 15.9. The molecule has 0 spiro atoms. The van der Waals surface area contributed by atoms with Gasteiger partial charge in [-0.1, -0.05) is 37.6 Å². The summed E-state index contributed by atoms with van der Waals surface area (Å²) in [6.45, 7) is 3.16. The lowest BCUT2D eigenvalue weighted by molar-refractivity contribution is -0.922. The van der Waals surface area contributed by atoms with Gasteiger partial charge in [0, 0.05) is 35.5 Å². The van der Waals surface area contributed by atoms with E-state index in [4.69, 9.17) is 20.2 Å². The number of fused-ring (bicyclic) bond motifs is 1. The van der Waals surface area contributed by atoms with Crippen LogP contribution in [0.3, 0.4) is 0 Å². The third kappa shape index (κ3) is 7.43. The number of primary amides is 1. The largest absolute Gasteiger partial charge is 0.495 e. The summed E-state index contributed by atoms with van der Waals surface area (Å²) in [5.41, 5.74) is 8.06. The van der Waals surface area contributed by atoms with Crippen LogP contribution in [0.4, 0.5) is 0 Å². The SMILES string of the molecule is CCCCc1cc2ccccc2c(OCC[N+](C)(C)[C@H]2CCC(Cc3ccc(-c4cncc(OC)c4)nc3)C[C@@]2(O)C(N)=O)n1. The number of pyridine rings is 3. The van der Waals surface area contributed by atoms with Gasteiger partial charge in [-0.05, 0) is 73.2 Å². The van der Waals surface area contributed by atoms with E-state index in [-0.39, 0.29) is 12.0 Å². The number of nitrogens with zero attached hydrogens (tertiary/aromatic N) is 4. The first-order valence-electron chi connectivity index (χ1n) is 15.9. The molecule has 1 aliphatic carbocycles. The number of aryl methyl sites for hydroxylation is 1. The molecule has 9 heteroatoms. The Hall–Kier alpha value is -4.08. The molecule has 9 nitrogen and oxygen atoms in total. The highest BCUT2D eigenvalue weighted by Crippen LogP contribution is 2.39. The number of hydrogen-bond acceptors (Lipinski definition) is 7. The lowest BCUT2D eigenvalue weighted by atomic mass is 9.71. The van der Waals surface area contributed by atoms with Gasteiger partial charge >= 0.3 is 0 Å². The number of carbonyl (C=O) groups is 1. The van der Waals surface area contributed by atoms with Gasteiger partial charge in [0.1, 0.15) is 24.9 Å². The minimum absolute atomic E-state index is 0.0996. The molecule has 1 fully saturated rings. The quantitative estimate of drug-likeness (QED) is 0.201. The number of rotatable bonds is 13. The fourth-order valence-electron chi connectivity index (χ4n) is 6.75. The number of quaternary nitrogens is 1. The van der Waals surface area contributed by atoms with Crippen LogP contribution < -0.4 is 15.2 Å². The van der Waals surface area contributed by atoms with E-state index >= 15 is 0 Å². The molecule has 45 heavy (non-hydrogen) atoms. The summed E-state index contributed by atoms with van der Waals surface area (Å²) in [5, 5.41) is 13.9. The Kier molecular flexibility index (Phi) is 9.99. The molecule has 3 aromatic heterocycles. The predicted octanol–water partition coefficient (Wildman–Crippen LogP) is 5.13. The maximum absolute atomic E-state index is 12.8. The Morgan fingerprint density at radius 2 is 1.93 bits per heavy atom. The monoisotopic (exact) mass is 612 g/mol. The minimum atomic E-state index is -1.63. The second-order valence-corrected chi connectivity index (χ2v) is 12.9. The average Bonchev–Trinajstić information content (AvgIpc) is 3.04. The molecule has 0 saturated heterocycles. The molecule has 1 unspecified atom stereocenters. The Morgan fingerprint density at radius 3 is 2.67 bits per heavy atom. The molecule has 3 atom stereocenters. The van der Waals surface area contributed by atoms with Gasteiger partial charge in [-0.25, -0.2) is 4.98 Å². The average molecular weight is 613 g/mol. The van der Waals surface area contributed by atoms with E-state index in [1.54, 1.807) is 19.5 Å². The number of aliphatic hydroxyl groups is 1. The highest BCUT2D eigenvalue weighted by atomic mass is 16.5. The summed E-state index contributed by atoms with van der Waals surface area (Å²) >= 11 is 0. The van der Waals surface area contributed by atoms with Crippen LogP contribution in [0.25, 0.3) is 22.0 Å². The van der Waals surface area contributed by atoms with Gasteiger partial charge in [0.15, 0.2) is 5.60 Å². The number of ether oxygens (including phenoxy) is 2. The maximum Gasteiger partial charge on any atom is 0.255 e. The predicted molar refractivity (Wildman–Crippen MR) is 176 cm³/mol. The Morgan fingerprint density at radius 1 is 1.11 bits per heavy atom. The highest BCUT2D eigenvalue weighted by Gasteiger charge is 2.54. The number of aromatic nitrogens is 3. The van der Waals surface area contributed by atoms with Gasteiger partial charge in [-0.2, -0.15) is 0 Å². The van der Waals surface area contributed by atoms with Crippen molar-refractivity contribution in [1.82, 2.24) is 15.0 Å². The Labute approximate surface area is 266 Å². The number of carbonyl (C=O) groups excluding carboxylic acids is 1.